The number of aromatic nitrogens is 7. The summed E-state index contributed by atoms with van der Waals surface area (Å²) in [6.07, 6.45) is 3.84. The summed E-state index contributed by atoms with van der Waals surface area (Å²) in [5, 5.41) is 26.0. The fraction of sp³-hybridized carbons (Fsp3) is 0.241. The van der Waals surface area contributed by atoms with Crippen LogP contribution in [0.5, 0.6) is 0 Å². The average molecular weight is 525 g/mol. The quantitative estimate of drug-likeness (QED) is 0.304. The first kappa shape index (κ1) is 23.7. The molecule has 4 heterocycles. The number of H-pyrrole nitrogens is 2. The molecule has 0 aliphatic carbocycles. The van der Waals surface area contributed by atoms with Crippen molar-refractivity contribution < 1.29 is 8.78 Å². The molecule has 10 heteroatoms. The van der Waals surface area contributed by atoms with Crippen molar-refractivity contribution in [2.45, 2.75) is 32.2 Å². The Balaban J connectivity index is 1.15. The van der Waals surface area contributed by atoms with Crippen LogP contribution in [0.15, 0.2) is 60.8 Å². The Bertz CT molecular complexity index is 1800. The highest BCUT2D eigenvalue weighted by Gasteiger charge is 2.25. The van der Waals surface area contributed by atoms with Gasteiger partial charge in [-0.1, -0.05) is 17.3 Å². The highest BCUT2D eigenvalue weighted by molar-refractivity contribution is 5.96. The number of nitrogens with one attached hydrogen (secondary N) is 2. The van der Waals surface area contributed by atoms with Crippen molar-refractivity contribution in [3.63, 3.8) is 0 Å². The molecule has 196 valence electrons. The molecular formula is C29H26F2N8. The fourth-order valence-corrected chi connectivity index (χ4v) is 5.59. The van der Waals surface area contributed by atoms with Gasteiger partial charge in [0.1, 0.15) is 11.6 Å². The number of piperidine rings is 1. The number of benzene rings is 3. The molecule has 39 heavy (non-hydrogen) atoms. The van der Waals surface area contributed by atoms with Crippen LogP contribution < -0.4 is 0 Å². The number of aromatic amines is 2. The van der Waals surface area contributed by atoms with E-state index >= 15 is 0 Å². The lowest BCUT2D eigenvalue weighted by Gasteiger charge is -2.31. The van der Waals surface area contributed by atoms with Gasteiger partial charge in [0.05, 0.1) is 34.3 Å². The van der Waals surface area contributed by atoms with E-state index in [-0.39, 0.29) is 18.0 Å². The Morgan fingerprint density at radius 2 is 1.85 bits per heavy atom. The third kappa shape index (κ3) is 4.26. The van der Waals surface area contributed by atoms with E-state index in [0.29, 0.717) is 6.54 Å². The molecule has 7 rings (SSSR count). The van der Waals surface area contributed by atoms with Crippen molar-refractivity contribution in [3.8, 4) is 16.9 Å². The molecule has 1 atom stereocenters. The predicted molar refractivity (Wildman–Crippen MR) is 144 cm³/mol. The number of likely N-dealkylation sites (tertiary alicyclic amines) is 1. The first-order chi connectivity index (χ1) is 19.0. The van der Waals surface area contributed by atoms with Crippen LogP contribution in [0.2, 0.25) is 0 Å². The smallest absolute Gasteiger partial charge is 0.130 e. The molecule has 3 aromatic heterocycles. The lowest BCUT2D eigenvalue weighted by atomic mass is 9.95. The van der Waals surface area contributed by atoms with E-state index in [4.69, 9.17) is 0 Å². The topological polar surface area (TPSA) is 91.3 Å². The Labute approximate surface area is 222 Å². The third-order valence-electron chi connectivity index (χ3n) is 7.71. The van der Waals surface area contributed by atoms with Gasteiger partial charge in [0.25, 0.3) is 0 Å². The maximum Gasteiger partial charge on any atom is 0.130 e. The van der Waals surface area contributed by atoms with Gasteiger partial charge in [0, 0.05) is 46.6 Å². The van der Waals surface area contributed by atoms with Crippen molar-refractivity contribution in [2.75, 3.05) is 13.1 Å². The number of aryl methyl sites for hydroxylation is 1. The molecule has 1 saturated heterocycles. The highest BCUT2D eigenvalue weighted by atomic mass is 19.1. The molecule has 1 fully saturated rings. The Hall–Kier alpha value is -4.44. The largest absolute Gasteiger partial charge is 0.298 e. The molecule has 0 radical (unpaired) electrons. The summed E-state index contributed by atoms with van der Waals surface area (Å²) in [6, 6.07) is 16.2. The number of fused-ring (bicyclic) bond motifs is 2. The first-order valence-corrected chi connectivity index (χ1v) is 13.0. The second-order valence-corrected chi connectivity index (χ2v) is 10.2. The van der Waals surface area contributed by atoms with Crippen molar-refractivity contribution in [2.24, 2.45) is 0 Å². The summed E-state index contributed by atoms with van der Waals surface area (Å²) in [5.74, 6) is -0.866. The number of hydrogen-bond donors (Lipinski definition) is 2. The molecule has 1 aliphatic heterocycles. The van der Waals surface area contributed by atoms with Crippen LogP contribution >= 0.6 is 0 Å². The van der Waals surface area contributed by atoms with Crippen molar-refractivity contribution >= 4 is 21.8 Å². The monoisotopic (exact) mass is 524 g/mol. The van der Waals surface area contributed by atoms with E-state index in [1.54, 1.807) is 4.68 Å². The molecule has 8 nitrogen and oxygen atoms in total. The molecule has 0 amide bonds. The van der Waals surface area contributed by atoms with Gasteiger partial charge >= 0.3 is 0 Å². The summed E-state index contributed by atoms with van der Waals surface area (Å²) in [7, 11) is 0. The summed E-state index contributed by atoms with van der Waals surface area (Å²) in [4.78, 5) is 2.09. The van der Waals surface area contributed by atoms with E-state index in [1.807, 2.05) is 37.4 Å². The van der Waals surface area contributed by atoms with Crippen LogP contribution in [0.3, 0.4) is 0 Å². The molecule has 0 unspecified atom stereocenters. The standard InChI is InChI=1S/C29H26F2N8/c1-17-21-12-18(7-9-26(21)33-32-17)29-22-13-20(8-10-27(22)34-36-29)39-16-28(35-37-39)19-4-3-11-38(14-19)15-23-24(30)5-2-6-25(23)31/h2,5-10,12-13,16,19H,3-4,11,14-15H2,1H3,(H,32,33)(H,34,36)/t19-/m1/s1. The van der Waals surface area contributed by atoms with Gasteiger partial charge in [-0.2, -0.15) is 10.2 Å². The van der Waals surface area contributed by atoms with Crippen LogP contribution in [0.1, 0.15) is 35.7 Å². The van der Waals surface area contributed by atoms with Crippen molar-refractivity contribution in [3.05, 3.63) is 89.4 Å². The molecule has 0 spiro atoms. The summed E-state index contributed by atoms with van der Waals surface area (Å²) in [6.45, 7) is 3.72. The predicted octanol–water partition coefficient (Wildman–Crippen LogP) is 5.65. The zero-order valence-electron chi connectivity index (χ0n) is 21.3. The van der Waals surface area contributed by atoms with E-state index < -0.39 is 11.6 Å². The van der Waals surface area contributed by atoms with Crippen LogP contribution in [-0.4, -0.2) is 53.4 Å². The van der Waals surface area contributed by atoms with E-state index in [0.717, 1.165) is 69.5 Å². The van der Waals surface area contributed by atoms with Gasteiger partial charge in [-0.15, -0.1) is 5.10 Å². The average Bonchev–Trinajstić information content (AvgIpc) is 3.69. The summed E-state index contributed by atoms with van der Waals surface area (Å²) >= 11 is 0. The molecule has 6 aromatic rings. The zero-order valence-corrected chi connectivity index (χ0v) is 21.3. The highest BCUT2D eigenvalue weighted by Crippen LogP contribution is 2.32. The van der Waals surface area contributed by atoms with Crippen LogP contribution in [0.4, 0.5) is 8.78 Å². The van der Waals surface area contributed by atoms with E-state index in [2.05, 4.69) is 47.7 Å². The minimum atomic E-state index is -0.503. The normalized spacial score (nSPS) is 16.4. The minimum absolute atomic E-state index is 0.119. The molecule has 3 aromatic carbocycles. The Kier molecular flexibility index (Phi) is 5.70. The molecular weight excluding hydrogens is 498 g/mol. The molecule has 2 N–H and O–H groups in total. The zero-order chi connectivity index (χ0) is 26.5. The van der Waals surface area contributed by atoms with Crippen molar-refractivity contribution in [1.82, 2.24) is 40.3 Å². The summed E-state index contributed by atoms with van der Waals surface area (Å²) < 4.78 is 30.2. The van der Waals surface area contributed by atoms with Crippen LogP contribution in [-0.2, 0) is 6.54 Å². The van der Waals surface area contributed by atoms with Crippen LogP contribution in [0, 0.1) is 18.6 Å². The van der Waals surface area contributed by atoms with E-state index in [1.165, 1.54) is 18.2 Å². The number of nitrogens with zero attached hydrogens (tertiary/aromatic N) is 6. The van der Waals surface area contributed by atoms with Crippen LogP contribution in [0.25, 0.3) is 38.8 Å². The van der Waals surface area contributed by atoms with Gasteiger partial charge in [0.2, 0.25) is 0 Å². The van der Waals surface area contributed by atoms with Crippen molar-refractivity contribution in [1.29, 1.82) is 0 Å². The number of rotatable bonds is 5. The van der Waals surface area contributed by atoms with E-state index in [9.17, 15) is 8.78 Å². The lowest BCUT2D eigenvalue weighted by Crippen LogP contribution is -2.34. The summed E-state index contributed by atoms with van der Waals surface area (Å²) in [5.41, 5.74) is 6.61. The fourth-order valence-electron chi connectivity index (χ4n) is 5.59. The molecule has 0 saturated carbocycles. The Morgan fingerprint density at radius 3 is 2.72 bits per heavy atom. The first-order valence-electron chi connectivity index (χ1n) is 13.0. The third-order valence-corrected chi connectivity index (χ3v) is 7.71. The van der Waals surface area contributed by atoms with Gasteiger partial charge in [-0.05, 0) is 68.8 Å². The van der Waals surface area contributed by atoms with Gasteiger partial charge in [0.15, 0.2) is 0 Å². The number of hydrogen-bond acceptors (Lipinski definition) is 5. The second-order valence-electron chi connectivity index (χ2n) is 10.2. The molecule has 0 bridgehead atoms. The minimum Gasteiger partial charge on any atom is -0.298 e. The van der Waals surface area contributed by atoms with Gasteiger partial charge in [-0.25, -0.2) is 13.5 Å². The molecule has 1 aliphatic rings. The maximum atomic E-state index is 14.2. The maximum absolute atomic E-state index is 14.2. The van der Waals surface area contributed by atoms with Gasteiger partial charge < -0.3 is 0 Å². The Morgan fingerprint density at radius 1 is 0.974 bits per heavy atom. The number of halogens is 2. The SMILES string of the molecule is Cc1[nH]nc2ccc(-c3n[nH]c4ccc(-n5cc([C@@H]6CCCN(Cc7c(F)cccc7F)C6)nn5)cc34)cc12. The lowest BCUT2D eigenvalue weighted by molar-refractivity contribution is 0.194. The van der Waals surface area contributed by atoms with Gasteiger partial charge in [-0.3, -0.25) is 15.1 Å². The second kappa shape index (κ2) is 9.39.